The number of para-hydroxylation sites is 2. The van der Waals surface area contributed by atoms with Gasteiger partial charge in [-0.25, -0.2) is 9.78 Å². The Morgan fingerprint density at radius 1 is 1.45 bits per heavy atom. The zero-order chi connectivity index (χ0) is 15.9. The predicted octanol–water partition coefficient (Wildman–Crippen LogP) is 2.07. The van der Waals surface area contributed by atoms with Gasteiger partial charge in [0.15, 0.2) is 11.7 Å². The number of nitrogens with zero attached hydrogens (tertiary/aromatic N) is 1. The molecule has 0 aliphatic rings. The molecule has 1 unspecified atom stereocenters. The molecular weight excluding hydrogens is 284 g/mol. The van der Waals surface area contributed by atoms with Crippen molar-refractivity contribution in [2.75, 3.05) is 6.54 Å². The number of oxazole rings is 1. The van der Waals surface area contributed by atoms with Gasteiger partial charge < -0.3 is 14.5 Å². The summed E-state index contributed by atoms with van der Waals surface area (Å²) < 4.78 is 10.4. The minimum atomic E-state index is -0.888. The number of fused-ring (bicyclic) bond motifs is 1. The maximum absolute atomic E-state index is 11.6. The molecule has 6 heteroatoms. The molecule has 1 aromatic heterocycles. The fraction of sp³-hybridized carbons (Fsp3) is 0.188. The molecule has 2 aromatic rings. The van der Waals surface area contributed by atoms with Crippen molar-refractivity contribution in [2.24, 2.45) is 0 Å². The third-order valence-corrected chi connectivity index (χ3v) is 2.76. The van der Waals surface area contributed by atoms with Crippen LogP contribution in [0.1, 0.15) is 12.8 Å². The van der Waals surface area contributed by atoms with Crippen LogP contribution in [0.2, 0.25) is 0 Å². The van der Waals surface area contributed by atoms with Crippen molar-refractivity contribution >= 4 is 29.1 Å². The van der Waals surface area contributed by atoms with Crippen LogP contribution in [0.3, 0.4) is 0 Å². The minimum Gasteiger partial charge on any atom is -0.449 e. The second-order valence-electron chi connectivity index (χ2n) is 4.47. The van der Waals surface area contributed by atoms with Gasteiger partial charge in [0.2, 0.25) is 5.89 Å². The Morgan fingerprint density at radius 3 is 2.95 bits per heavy atom. The zero-order valence-corrected chi connectivity index (χ0v) is 12.1. The van der Waals surface area contributed by atoms with Crippen molar-refractivity contribution in [3.8, 4) is 0 Å². The molecule has 6 nitrogen and oxygen atoms in total. The number of nitrogens with one attached hydrogen (secondary N) is 1. The highest BCUT2D eigenvalue weighted by molar-refractivity contribution is 5.90. The van der Waals surface area contributed by atoms with Crippen molar-refractivity contribution in [1.29, 1.82) is 0 Å². The molecule has 0 aliphatic heterocycles. The summed E-state index contributed by atoms with van der Waals surface area (Å²) in [5.41, 5.74) is 1.33. The lowest BCUT2D eigenvalue weighted by atomic mass is 10.3. The molecule has 0 aliphatic carbocycles. The van der Waals surface area contributed by atoms with Crippen LogP contribution in [0.4, 0.5) is 0 Å². The second-order valence-corrected chi connectivity index (χ2v) is 4.47. The van der Waals surface area contributed by atoms with E-state index in [1.54, 1.807) is 18.2 Å². The van der Waals surface area contributed by atoms with Crippen LogP contribution >= 0.6 is 0 Å². The van der Waals surface area contributed by atoms with E-state index in [9.17, 15) is 9.59 Å². The largest absolute Gasteiger partial charge is 0.449 e. The number of benzene rings is 1. The Labute approximate surface area is 127 Å². The molecule has 0 radical (unpaired) electrons. The van der Waals surface area contributed by atoms with Crippen molar-refractivity contribution in [2.45, 2.75) is 13.0 Å². The molecular formula is C16H16N2O4. The summed E-state index contributed by atoms with van der Waals surface area (Å²) in [6.07, 6.45) is 3.22. The van der Waals surface area contributed by atoms with E-state index in [0.717, 1.165) is 0 Å². The zero-order valence-electron chi connectivity index (χ0n) is 12.1. The Hall–Kier alpha value is -2.89. The van der Waals surface area contributed by atoms with Crippen molar-refractivity contribution < 1.29 is 18.7 Å². The monoisotopic (exact) mass is 300 g/mol. The molecule has 0 saturated heterocycles. The molecule has 0 saturated carbocycles. The topological polar surface area (TPSA) is 81.4 Å². The Balaban J connectivity index is 1.93. The van der Waals surface area contributed by atoms with E-state index < -0.39 is 12.1 Å². The number of amides is 1. The SMILES string of the molecule is C=CCNC(=O)C(C)OC(=O)/C=C/c1nc2ccccc2o1. The number of aromatic nitrogens is 1. The molecule has 1 amide bonds. The summed E-state index contributed by atoms with van der Waals surface area (Å²) in [6, 6.07) is 7.26. The molecule has 22 heavy (non-hydrogen) atoms. The van der Waals surface area contributed by atoms with Gasteiger partial charge in [-0.3, -0.25) is 4.79 Å². The van der Waals surface area contributed by atoms with Gasteiger partial charge in [0, 0.05) is 18.7 Å². The summed E-state index contributed by atoms with van der Waals surface area (Å²) in [7, 11) is 0. The van der Waals surface area contributed by atoms with Gasteiger partial charge >= 0.3 is 5.97 Å². The van der Waals surface area contributed by atoms with Gasteiger partial charge in [0.05, 0.1) is 0 Å². The average molecular weight is 300 g/mol. The van der Waals surface area contributed by atoms with Crippen molar-refractivity contribution in [3.63, 3.8) is 0 Å². The lowest BCUT2D eigenvalue weighted by molar-refractivity contribution is -0.150. The van der Waals surface area contributed by atoms with Crippen LogP contribution in [0.15, 0.2) is 47.4 Å². The Bertz CT molecular complexity index is 685. The van der Waals surface area contributed by atoms with E-state index in [1.165, 1.54) is 19.1 Å². The first-order chi connectivity index (χ1) is 10.6. The van der Waals surface area contributed by atoms with E-state index in [0.29, 0.717) is 23.5 Å². The highest BCUT2D eigenvalue weighted by Crippen LogP contribution is 2.15. The second kappa shape index (κ2) is 7.21. The maximum atomic E-state index is 11.6. The highest BCUT2D eigenvalue weighted by Gasteiger charge is 2.15. The standard InChI is InChI=1S/C16H16N2O4/c1-3-10-17-16(20)11(2)21-15(19)9-8-14-18-12-6-4-5-7-13(12)22-14/h3-9,11H,1,10H2,2H3,(H,17,20)/b9-8+. The molecule has 1 N–H and O–H groups in total. The van der Waals surface area contributed by atoms with Gasteiger partial charge in [0.25, 0.3) is 5.91 Å². The lowest BCUT2D eigenvalue weighted by Crippen LogP contribution is -2.35. The van der Waals surface area contributed by atoms with Gasteiger partial charge in [-0.2, -0.15) is 0 Å². The number of esters is 1. The smallest absolute Gasteiger partial charge is 0.331 e. The molecule has 1 heterocycles. The van der Waals surface area contributed by atoms with Crippen LogP contribution in [0, 0.1) is 0 Å². The van der Waals surface area contributed by atoms with E-state index in [-0.39, 0.29) is 5.91 Å². The average Bonchev–Trinajstić information content (AvgIpc) is 2.93. The third kappa shape index (κ3) is 4.05. The molecule has 0 fully saturated rings. The summed E-state index contributed by atoms with van der Waals surface area (Å²) in [5.74, 6) is -0.742. The molecule has 0 bridgehead atoms. The normalized spacial score (nSPS) is 12.2. The number of hydrogen-bond acceptors (Lipinski definition) is 5. The molecule has 114 valence electrons. The number of carbonyl (C=O) groups excluding carboxylic acids is 2. The number of rotatable bonds is 6. The van der Waals surface area contributed by atoms with Gasteiger partial charge in [0.1, 0.15) is 5.52 Å². The van der Waals surface area contributed by atoms with Gasteiger partial charge in [-0.15, -0.1) is 6.58 Å². The van der Waals surface area contributed by atoms with Crippen LogP contribution < -0.4 is 5.32 Å². The van der Waals surface area contributed by atoms with E-state index in [1.807, 2.05) is 12.1 Å². The van der Waals surface area contributed by atoms with E-state index >= 15 is 0 Å². The first-order valence-corrected chi connectivity index (χ1v) is 6.73. The number of hydrogen-bond donors (Lipinski definition) is 1. The van der Waals surface area contributed by atoms with Gasteiger partial charge in [-0.1, -0.05) is 18.2 Å². The van der Waals surface area contributed by atoms with Crippen LogP contribution in [-0.2, 0) is 14.3 Å². The van der Waals surface area contributed by atoms with Crippen LogP contribution in [-0.4, -0.2) is 29.5 Å². The molecule has 2 rings (SSSR count). The molecule has 1 aromatic carbocycles. The van der Waals surface area contributed by atoms with Crippen LogP contribution in [0.25, 0.3) is 17.2 Å². The fourth-order valence-corrected chi connectivity index (χ4v) is 1.68. The number of carbonyl (C=O) groups is 2. The predicted molar refractivity (Wildman–Crippen MR) is 81.8 cm³/mol. The molecule has 1 atom stereocenters. The summed E-state index contributed by atoms with van der Waals surface area (Å²) in [5, 5.41) is 2.54. The van der Waals surface area contributed by atoms with Crippen molar-refractivity contribution in [3.05, 3.63) is 48.9 Å². The first-order valence-electron chi connectivity index (χ1n) is 6.73. The molecule has 0 spiro atoms. The van der Waals surface area contributed by atoms with E-state index in [2.05, 4.69) is 16.9 Å². The fourth-order valence-electron chi connectivity index (χ4n) is 1.68. The third-order valence-electron chi connectivity index (χ3n) is 2.76. The minimum absolute atomic E-state index is 0.293. The summed E-state index contributed by atoms with van der Waals surface area (Å²) in [6.45, 7) is 5.29. The Morgan fingerprint density at radius 2 is 2.23 bits per heavy atom. The summed E-state index contributed by atoms with van der Waals surface area (Å²) in [4.78, 5) is 27.4. The Kier molecular flexibility index (Phi) is 5.08. The van der Waals surface area contributed by atoms with E-state index in [4.69, 9.17) is 9.15 Å². The maximum Gasteiger partial charge on any atom is 0.331 e. The highest BCUT2D eigenvalue weighted by atomic mass is 16.5. The number of ether oxygens (including phenoxy) is 1. The van der Waals surface area contributed by atoms with Crippen molar-refractivity contribution in [1.82, 2.24) is 10.3 Å². The van der Waals surface area contributed by atoms with Gasteiger partial charge in [-0.05, 0) is 19.1 Å². The lowest BCUT2D eigenvalue weighted by Gasteiger charge is -2.10. The van der Waals surface area contributed by atoms with Crippen LogP contribution in [0.5, 0.6) is 0 Å². The quantitative estimate of drug-likeness (QED) is 0.502. The summed E-state index contributed by atoms with van der Waals surface area (Å²) >= 11 is 0. The first kappa shape index (κ1) is 15.5.